The topological polar surface area (TPSA) is 34.0 Å². The van der Waals surface area contributed by atoms with Crippen molar-refractivity contribution in [2.75, 3.05) is 19.6 Å². The van der Waals surface area contributed by atoms with Gasteiger partial charge in [-0.2, -0.15) is 0 Å². The summed E-state index contributed by atoms with van der Waals surface area (Å²) in [7, 11) is 0. The lowest BCUT2D eigenvalue weighted by atomic mass is 9.82. The molecule has 0 saturated carbocycles. The maximum Gasteiger partial charge on any atom is 0.129 e. The molecule has 1 aliphatic rings. The number of likely N-dealkylation sites (tertiary alicyclic amines) is 1. The summed E-state index contributed by atoms with van der Waals surface area (Å²) in [5.41, 5.74) is 0.586. The van der Waals surface area contributed by atoms with Crippen LogP contribution in [0, 0.1) is 12.3 Å². The summed E-state index contributed by atoms with van der Waals surface area (Å²) in [5.74, 6) is 1.02. The second-order valence-corrected chi connectivity index (χ2v) is 5.30. The number of rotatable bonds is 5. The molecule has 1 aromatic rings. The van der Waals surface area contributed by atoms with Gasteiger partial charge in [-0.3, -0.25) is 0 Å². The average molecular weight is 236 g/mol. The first kappa shape index (κ1) is 12.6. The van der Waals surface area contributed by atoms with E-state index in [-0.39, 0.29) is 0 Å². The Bertz CT molecular complexity index is 354. The second kappa shape index (κ2) is 5.17. The van der Waals surface area contributed by atoms with Crippen LogP contribution in [0.15, 0.2) is 6.33 Å². The fraction of sp³-hybridized carbons (Fsp3) is 0.846. The Morgan fingerprint density at radius 2 is 2.06 bits per heavy atom. The van der Waals surface area contributed by atoms with Gasteiger partial charge in [0.15, 0.2) is 0 Å². The van der Waals surface area contributed by atoms with Gasteiger partial charge in [-0.25, -0.2) is 0 Å². The standard InChI is InChI=1S/C13H24N4/c1-4-13(5-2)6-7-16(10-13)8-9-17-11-14-15-12(17)3/h11H,4-10H2,1-3H3. The molecule has 1 fully saturated rings. The largest absolute Gasteiger partial charge is 0.317 e. The highest BCUT2D eigenvalue weighted by atomic mass is 15.3. The third kappa shape index (κ3) is 2.68. The van der Waals surface area contributed by atoms with Crippen molar-refractivity contribution in [3.63, 3.8) is 0 Å². The maximum atomic E-state index is 4.02. The molecule has 2 heterocycles. The molecule has 0 aromatic carbocycles. The predicted molar refractivity (Wildman–Crippen MR) is 68.8 cm³/mol. The molecule has 0 N–H and O–H groups in total. The Balaban J connectivity index is 1.84. The lowest BCUT2D eigenvalue weighted by Crippen LogP contribution is -2.29. The van der Waals surface area contributed by atoms with Crippen molar-refractivity contribution >= 4 is 0 Å². The third-order valence-corrected chi connectivity index (χ3v) is 4.48. The van der Waals surface area contributed by atoms with Crippen molar-refractivity contribution in [1.29, 1.82) is 0 Å². The van der Waals surface area contributed by atoms with Gasteiger partial charge in [0.1, 0.15) is 12.2 Å². The van der Waals surface area contributed by atoms with Gasteiger partial charge in [-0.1, -0.05) is 13.8 Å². The minimum atomic E-state index is 0.586. The van der Waals surface area contributed by atoms with Crippen LogP contribution < -0.4 is 0 Å². The molecule has 0 spiro atoms. The summed E-state index contributed by atoms with van der Waals surface area (Å²) < 4.78 is 2.14. The van der Waals surface area contributed by atoms with Crippen molar-refractivity contribution in [2.45, 2.75) is 46.6 Å². The van der Waals surface area contributed by atoms with E-state index in [1.165, 1.54) is 32.4 Å². The monoisotopic (exact) mass is 236 g/mol. The number of nitrogens with zero attached hydrogens (tertiary/aromatic N) is 4. The molecule has 0 atom stereocenters. The Morgan fingerprint density at radius 3 is 2.59 bits per heavy atom. The minimum absolute atomic E-state index is 0.586. The quantitative estimate of drug-likeness (QED) is 0.785. The average Bonchev–Trinajstić information content (AvgIpc) is 2.94. The van der Waals surface area contributed by atoms with Gasteiger partial charge in [-0.15, -0.1) is 10.2 Å². The molecule has 96 valence electrons. The fourth-order valence-electron chi connectivity index (χ4n) is 2.83. The number of hydrogen-bond acceptors (Lipinski definition) is 3. The van der Waals surface area contributed by atoms with Gasteiger partial charge in [0.2, 0.25) is 0 Å². The SMILES string of the molecule is CCC1(CC)CCN(CCn2cnnc2C)C1. The first-order chi connectivity index (χ1) is 8.19. The molecule has 0 bridgehead atoms. The van der Waals surface area contributed by atoms with Crippen LogP contribution in [0.1, 0.15) is 38.9 Å². The van der Waals surface area contributed by atoms with Crippen LogP contribution in [0.4, 0.5) is 0 Å². The van der Waals surface area contributed by atoms with E-state index in [0.717, 1.165) is 18.9 Å². The highest BCUT2D eigenvalue weighted by Crippen LogP contribution is 2.36. The Kier molecular flexibility index (Phi) is 3.82. The summed E-state index contributed by atoms with van der Waals surface area (Å²) in [6.45, 7) is 11.3. The lowest BCUT2D eigenvalue weighted by molar-refractivity contribution is 0.235. The van der Waals surface area contributed by atoms with Gasteiger partial charge >= 0.3 is 0 Å². The molecular formula is C13H24N4. The highest BCUT2D eigenvalue weighted by molar-refractivity contribution is 4.88. The molecule has 0 unspecified atom stereocenters. The van der Waals surface area contributed by atoms with Crippen LogP contribution >= 0.6 is 0 Å². The maximum absolute atomic E-state index is 4.02. The van der Waals surface area contributed by atoms with Crippen molar-refractivity contribution in [3.8, 4) is 0 Å². The van der Waals surface area contributed by atoms with E-state index in [0.29, 0.717) is 5.41 Å². The molecule has 4 nitrogen and oxygen atoms in total. The second-order valence-electron chi connectivity index (χ2n) is 5.30. The lowest BCUT2D eigenvalue weighted by Gasteiger charge is -2.26. The first-order valence-corrected chi connectivity index (χ1v) is 6.76. The van der Waals surface area contributed by atoms with E-state index in [1.807, 2.05) is 13.3 Å². The molecule has 0 aliphatic carbocycles. The van der Waals surface area contributed by atoms with Crippen LogP contribution in [-0.2, 0) is 6.54 Å². The van der Waals surface area contributed by atoms with E-state index < -0.39 is 0 Å². The van der Waals surface area contributed by atoms with E-state index in [1.54, 1.807) is 0 Å². The zero-order valence-corrected chi connectivity index (χ0v) is 11.3. The summed E-state index contributed by atoms with van der Waals surface area (Å²) in [4.78, 5) is 2.59. The Morgan fingerprint density at radius 1 is 1.29 bits per heavy atom. The van der Waals surface area contributed by atoms with E-state index in [9.17, 15) is 0 Å². The van der Waals surface area contributed by atoms with Gasteiger partial charge in [0, 0.05) is 19.6 Å². The molecule has 4 heteroatoms. The molecular weight excluding hydrogens is 212 g/mol. The van der Waals surface area contributed by atoms with Crippen molar-refractivity contribution in [1.82, 2.24) is 19.7 Å². The summed E-state index contributed by atoms with van der Waals surface area (Å²) in [5, 5.41) is 7.94. The van der Waals surface area contributed by atoms with Crippen molar-refractivity contribution in [2.24, 2.45) is 5.41 Å². The van der Waals surface area contributed by atoms with Crippen LogP contribution in [-0.4, -0.2) is 39.3 Å². The molecule has 17 heavy (non-hydrogen) atoms. The smallest absolute Gasteiger partial charge is 0.129 e. The van der Waals surface area contributed by atoms with E-state index in [4.69, 9.17) is 0 Å². The molecule has 2 rings (SSSR count). The summed E-state index contributed by atoms with van der Waals surface area (Å²) >= 11 is 0. The molecule has 1 saturated heterocycles. The van der Waals surface area contributed by atoms with Gasteiger partial charge in [0.05, 0.1) is 0 Å². The van der Waals surface area contributed by atoms with Crippen LogP contribution in [0.3, 0.4) is 0 Å². The zero-order chi connectivity index (χ0) is 12.3. The molecule has 0 radical (unpaired) electrons. The predicted octanol–water partition coefficient (Wildman–Crippen LogP) is 2.10. The number of aryl methyl sites for hydroxylation is 1. The molecule has 0 amide bonds. The summed E-state index contributed by atoms with van der Waals surface area (Å²) in [6.07, 6.45) is 5.82. The van der Waals surface area contributed by atoms with Crippen LogP contribution in [0.5, 0.6) is 0 Å². The zero-order valence-electron chi connectivity index (χ0n) is 11.3. The number of hydrogen-bond donors (Lipinski definition) is 0. The first-order valence-electron chi connectivity index (χ1n) is 6.76. The van der Waals surface area contributed by atoms with Gasteiger partial charge < -0.3 is 9.47 Å². The Hall–Kier alpha value is -0.900. The fourth-order valence-corrected chi connectivity index (χ4v) is 2.83. The molecule has 1 aliphatic heterocycles. The Labute approximate surface area is 104 Å². The number of aromatic nitrogens is 3. The summed E-state index contributed by atoms with van der Waals surface area (Å²) in [6, 6.07) is 0. The van der Waals surface area contributed by atoms with Crippen LogP contribution in [0.25, 0.3) is 0 Å². The van der Waals surface area contributed by atoms with E-state index in [2.05, 4.69) is 33.5 Å². The van der Waals surface area contributed by atoms with E-state index >= 15 is 0 Å². The van der Waals surface area contributed by atoms with Crippen LogP contribution in [0.2, 0.25) is 0 Å². The molecule has 1 aromatic heterocycles. The normalized spacial score (nSPS) is 19.9. The third-order valence-electron chi connectivity index (χ3n) is 4.48. The van der Waals surface area contributed by atoms with Gasteiger partial charge in [-0.05, 0) is 38.1 Å². The van der Waals surface area contributed by atoms with Gasteiger partial charge in [0.25, 0.3) is 0 Å². The van der Waals surface area contributed by atoms with Crippen molar-refractivity contribution in [3.05, 3.63) is 12.2 Å². The van der Waals surface area contributed by atoms with Crippen molar-refractivity contribution < 1.29 is 0 Å². The highest BCUT2D eigenvalue weighted by Gasteiger charge is 2.34. The minimum Gasteiger partial charge on any atom is -0.317 e.